The Morgan fingerprint density at radius 1 is 1.07 bits per heavy atom. The van der Waals surface area contributed by atoms with Gasteiger partial charge in [-0.3, -0.25) is 4.79 Å². The van der Waals surface area contributed by atoms with Crippen LogP contribution in [0.3, 0.4) is 0 Å². The lowest BCUT2D eigenvalue weighted by Gasteiger charge is -2.29. The molecular weight excluding hydrogens is 588 g/mol. The third kappa shape index (κ3) is 6.09. The molecule has 0 spiro atoms. The predicted molar refractivity (Wildman–Crippen MR) is 165 cm³/mol. The first kappa shape index (κ1) is 29.5. The second-order valence-corrected chi connectivity index (χ2v) is 13.5. The molecule has 0 fully saturated rings. The van der Waals surface area contributed by atoms with Gasteiger partial charge >= 0.3 is 16.3 Å². The SMILES string of the molecule is CCOC(=O)CC1c2ccc(C)c(c2)CN2Cc3cc(ccc3OS2(=O)=O)OCCSCCn2nnc3c(C)c1ccc32. The third-order valence-electron chi connectivity index (χ3n) is 7.99. The van der Waals surface area contributed by atoms with Crippen LogP contribution in [0.15, 0.2) is 48.5 Å². The van der Waals surface area contributed by atoms with Gasteiger partial charge in [-0.15, -0.1) is 5.10 Å². The van der Waals surface area contributed by atoms with Crippen LogP contribution in [0, 0.1) is 13.8 Å². The lowest BCUT2D eigenvalue weighted by molar-refractivity contribution is -0.143. The molecule has 9 bridgehead atoms. The van der Waals surface area contributed by atoms with Crippen LogP contribution in [0.25, 0.3) is 11.0 Å². The maximum absolute atomic E-state index is 13.2. The minimum atomic E-state index is -4.02. The van der Waals surface area contributed by atoms with Crippen LogP contribution in [-0.2, 0) is 39.5 Å². The Kier molecular flexibility index (Phi) is 8.34. The topological polar surface area (TPSA) is 113 Å². The van der Waals surface area contributed by atoms with Gasteiger partial charge in [0.15, 0.2) is 0 Å². The van der Waals surface area contributed by atoms with E-state index >= 15 is 0 Å². The predicted octanol–water partition coefficient (Wildman–Crippen LogP) is 4.90. The van der Waals surface area contributed by atoms with Gasteiger partial charge in [0.25, 0.3) is 0 Å². The minimum absolute atomic E-state index is 0.113. The Labute approximate surface area is 255 Å². The standard InChI is InChI=1S/C31H34N4O6S2/c1-4-39-30(36)17-27-22-6-5-20(2)23(15-22)18-34-19-24-16-25(7-10-29(24)41-43(34,37)38)40-12-14-42-13-11-35-28-9-8-26(27)21(3)31(28)32-33-35/h5-10,15-16,27H,4,11-14,17-19H2,1-3H3. The lowest BCUT2D eigenvalue weighted by atomic mass is 9.84. The number of hydrogen-bond donors (Lipinski definition) is 0. The fourth-order valence-corrected chi connectivity index (χ4v) is 7.48. The number of carbonyl (C=O) groups is 1. The Morgan fingerprint density at radius 3 is 2.74 bits per heavy atom. The van der Waals surface area contributed by atoms with Gasteiger partial charge in [-0.25, -0.2) is 4.68 Å². The first-order chi connectivity index (χ1) is 20.7. The monoisotopic (exact) mass is 622 g/mol. The van der Waals surface area contributed by atoms with Crippen LogP contribution in [0.1, 0.15) is 52.6 Å². The molecule has 226 valence electrons. The fourth-order valence-electron chi connectivity index (χ4n) is 5.68. The molecule has 3 aromatic carbocycles. The van der Waals surface area contributed by atoms with Crippen LogP contribution in [0.4, 0.5) is 0 Å². The van der Waals surface area contributed by atoms with E-state index in [1.54, 1.807) is 30.8 Å². The maximum atomic E-state index is 13.2. The molecule has 1 aromatic heterocycles. The van der Waals surface area contributed by atoms with Gasteiger partial charge in [-0.2, -0.15) is 24.5 Å². The van der Waals surface area contributed by atoms with E-state index in [0.717, 1.165) is 55.9 Å². The van der Waals surface area contributed by atoms with Crippen molar-refractivity contribution >= 4 is 39.1 Å². The summed E-state index contributed by atoms with van der Waals surface area (Å²) in [5, 5.41) is 8.94. The molecule has 3 aliphatic heterocycles. The van der Waals surface area contributed by atoms with Crippen molar-refractivity contribution in [3.63, 3.8) is 0 Å². The van der Waals surface area contributed by atoms with Gasteiger partial charge < -0.3 is 13.7 Å². The highest BCUT2D eigenvalue weighted by molar-refractivity contribution is 7.99. The molecule has 12 heteroatoms. The largest absolute Gasteiger partial charge is 0.493 e. The third-order valence-corrected chi connectivity index (χ3v) is 10.2. The summed E-state index contributed by atoms with van der Waals surface area (Å²) in [5.41, 5.74) is 7.02. The van der Waals surface area contributed by atoms with Gasteiger partial charge in [-0.1, -0.05) is 29.5 Å². The van der Waals surface area contributed by atoms with Crippen molar-refractivity contribution in [2.75, 3.05) is 24.7 Å². The molecule has 0 aliphatic carbocycles. The molecular formula is C31H34N4O6S2. The van der Waals surface area contributed by atoms with Crippen molar-refractivity contribution < 1.29 is 26.9 Å². The zero-order valence-corrected chi connectivity index (χ0v) is 26.0. The minimum Gasteiger partial charge on any atom is -0.493 e. The molecule has 43 heavy (non-hydrogen) atoms. The fraction of sp³-hybridized carbons (Fsp3) is 0.387. The number of aromatic nitrogens is 3. The second-order valence-electron chi connectivity index (χ2n) is 10.7. The van der Waals surface area contributed by atoms with E-state index in [9.17, 15) is 13.2 Å². The van der Waals surface area contributed by atoms with Crippen LogP contribution in [-0.4, -0.2) is 58.4 Å². The van der Waals surface area contributed by atoms with E-state index in [1.165, 1.54) is 4.31 Å². The van der Waals surface area contributed by atoms with Crippen molar-refractivity contribution in [3.8, 4) is 11.5 Å². The van der Waals surface area contributed by atoms with Gasteiger partial charge in [-0.05, 0) is 72.9 Å². The van der Waals surface area contributed by atoms with E-state index < -0.39 is 10.3 Å². The van der Waals surface area contributed by atoms with Crippen LogP contribution in [0.2, 0.25) is 0 Å². The second kappa shape index (κ2) is 12.2. The highest BCUT2D eigenvalue weighted by atomic mass is 32.2. The van der Waals surface area contributed by atoms with E-state index in [2.05, 4.69) is 10.3 Å². The number of fused-ring (bicyclic) bond motifs is 6. The summed E-state index contributed by atoms with van der Waals surface area (Å²) in [4.78, 5) is 12.9. The summed E-state index contributed by atoms with van der Waals surface area (Å²) in [7, 11) is -4.02. The molecule has 2 atom stereocenters. The van der Waals surface area contributed by atoms with Crippen molar-refractivity contribution in [1.29, 1.82) is 0 Å². The molecule has 0 saturated carbocycles. The highest BCUT2D eigenvalue weighted by Gasteiger charge is 2.33. The number of hydrogen-bond acceptors (Lipinski definition) is 9. The molecule has 0 radical (unpaired) electrons. The number of esters is 1. The first-order valence-electron chi connectivity index (χ1n) is 14.3. The average molecular weight is 623 g/mol. The Bertz CT molecular complexity index is 1790. The quantitative estimate of drug-likeness (QED) is 0.295. The van der Waals surface area contributed by atoms with Gasteiger partial charge in [0.05, 0.1) is 31.7 Å². The lowest BCUT2D eigenvalue weighted by Crippen LogP contribution is -2.37. The number of ether oxygens (including phenoxy) is 2. The average Bonchev–Trinajstić information content (AvgIpc) is 3.39. The highest BCUT2D eigenvalue weighted by Crippen LogP contribution is 2.37. The smallest absolute Gasteiger partial charge is 0.385 e. The van der Waals surface area contributed by atoms with Crippen molar-refractivity contribution in [1.82, 2.24) is 19.3 Å². The molecule has 7 rings (SSSR count). The van der Waals surface area contributed by atoms with Crippen molar-refractivity contribution in [2.24, 2.45) is 0 Å². The molecule has 4 heterocycles. The van der Waals surface area contributed by atoms with E-state index in [0.29, 0.717) is 24.7 Å². The molecule has 4 aromatic rings. The van der Waals surface area contributed by atoms with Crippen LogP contribution in [0.5, 0.6) is 11.5 Å². The zero-order valence-electron chi connectivity index (χ0n) is 24.4. The summed E-state index contributed by atoms with van der Waals surface area (Å²) in [5.74, 6) is 1.98. The van der Waals surface area contributed by atoms with Crippen LogP contribution < -0.4 is 8.92 Å². The van der Waals surface area contributed by atoms with Crippen LogP contribution >= 0.6 is 11.8 Å². The number of benzene rings is 3. The molecule has 10 nitrogen and oxygen atoms in total. The summed E-state index contributed by atoms with van der Waals surface area (Å²) < 4.78 is 46.5. The molecule has 0 N–H and O–H groups in total. The Morgan fingerprint density at radius 2 is 1.91 bits per heavy atom. The van der Waals surface area contributed by atoms with Crippen molar-refractivity contribution in [3.05, 3.63) is 81.9 Å². The first-order valence-corrected chi connectivity index (χ1v) is 16.9. The number of aryl methyl sites for hydroxylation is 3. The van der Waals surface area contributed by atoms with E-state index in [-0.39, 0.29) is 38.0 Å². The summed E-state index contributed by atoms with van der Waals surface area (Å²) in [6, 6.07) is 15.2. The summed E-state index contributed by atoms with van der Waals surface area (Å²) in [6.45, 7) is 7.53. The van der Waals surface area contributed by atoms with Gasteiger partial charge in [0, 0.05) is 36.1 Å². The van der Waals surface area contributed by atoms with Gasteiger partial charge in [0.2, 0.25) is 0 Å². The zero-order chi connectivity index (χ0) is 30.1. The number of carbonyl (C=O) groups excluding carboxylic acids is 1. The summed E-state index contributed by atoms with van der Waals surface area (Å²) in [6.07, 6.45) is 0.134. The number of rotatable bonds is 3. The molecule has 3 aliphatic rings. The number of thioether (sulfide) groups is 1. The Hall–Kier alpha value is -3.61. The van der Waals surface area contributed by atoms with E-state index in [4.69, 9.17) is 13.7 Å². The summed E-state index contributed by atoms with van der Waals surface area (Å²) >= 11 is 1.76. The normalized spacial score (nSPS) is 19.9. The molecule has 2 unspecified atom stereocenters. The number of nitrogens with zero attached hydrogens (tertiary/aromatic N) is 4. The molecule has 0 saturated heterocycles. The van der Waals surface area contributed by atoms with Gasteiger partial charge in [0.1, 0.15) is 17.0 Å². The van der Waals surface area contributed by atoms with Crippen molar-refractivity contribution in [2.45, 2.75) is 52.7 Å². The van der Waals surface area contributed by atoms with E-state index in [1.807, 2.05) is 54.9 Å². The Balaban J connectivity index is 1.45. The maximum Gasteiger partial charge on any atom is 0.385 e. The molecule has 0 amide bonds.